The Morgan fingerprint density at radius 3 is 2.55 bits per heavy atom. The summed E-state index contributed by atoms with van der Waals surface area (Å²) >= 11 is 1.21. The Kier molecular flexibility index (Phi) is 5.89. The van der Waals surface area contributed by atoms with Crippen LogP contribution in [-0.2, 0) is 13.0 Å². The lowest BCUT2D eigenvalue weighted by molar-refractivity contribution is 0.0845. The van der Waals surface area contributed by atoms with Crippen LogP contribution in [0.5, 0.6) is 0 Å². The summed E-state index contributed by atoms with van der Waals surface area (Å²) in [4.78, 5) is 25.2. The minimum atomic E-state index is -2.73. The number of rotatable bonds is 7. The molecule has 31 heavy (non-hydrogen) atoms. The highest BCUT2D eigenvalue weighted by Gasteiger charge is 2.55. The maximum Gasteiger partial charge on any atom is 0.297 e. The van der Waals surface area contributed by atoms with E-state index in [1.807, 2.05) is 19.9 Å². The summed E-state index contributed by atoms with van der Waals surface area (Å²) in [6, 6.07) is 5.05. The van der Waals surface area contributed by atoms with Gasteiger partial charge in [-0.15, -0.1) is 0 Å². The Hall–Kier alpha value is -2.30. The van der Waals surface area contributed by atoms with Crippen molar-refractivity contribution in [1.82, 2.24) is 24.7 Å². The summed E-state index contributed by atoms with van der Waals surface area (Å²) in [7, 11) is 0. The van der Waals surface area contributed by atoms with Gasteiger partial charge in [0.1, 0.15) is 5.82 Å². The number of hydrogen-bond donors (Lipinski definition) is 0. The molecule has 0 radical (unpaired) electrons. The van der Waals surface area contributed by atoms with Gasteiger partial charge in [0, 0.05) is 49.3 Å². The summed E-state index contributed by atoms with van der Waals surface area (Å²) in [6.45, 7) is 4.24. The molecule has 2 unspecified atom stereocenters. The summed E-state index contributed by atoms with van der Waals surface area (Å²) < 4.78 is 25.8. The molecule has 1 saturated carbocycles. The second-order valence-electron chi connectivity index (χ2n) is 8.41. The van der Waals surface area contributed by atoms with Gasteiger partial charge in [0.25, 0.3) is 9.49 Å². The summed E-state index contributed by atoms with van der Waals surface area (Å²) in [5.41, 5.74) is 2.48. The molecule has 4 rings (SSSR count). The number of halogens is 3. The van der Waals surface area contributed by atoms with Gasteiger partial charge in [-0.05, 0) is 64.5 Å². The number of aromatic nitrogens is 5. The molecule has 0 amide bonds. The monoisotopic (exact) mass is 537 g/mol. The summed E-state index contributed by atoms with van der Waals surface area (Å²) in [6.07, 6.45) is 7.76. The Labute approximate surface area is 192 Å². The number of hydrogen-bond acceptors (Lipinski definition) is 5. The van der Waals surface area contributed by atoms with Gasteiger partial charge in [0.15, 0.2) is 0 Å². The second-order valence-corrected chi connectivity index (χ2v) is 9.99. The van der Waals surface area contributed by atoms with Gasteiger partial charge >= 0.3 is 0 Å². The smallest absolute Gasteiger partial charge is 0.268 e. The van der Waals surface area contributed by atoms with Gasteiger partial charge in [0.05, 0.1) is 12.2 Å². The Balaban J connectivity index is 1.52. The number of aryl methyl sites for hydroxylation is 1. The van der Waals surface area contributed by atoms with Gasteiger partial charge in [0.2, 0.25) is 0 Å². The van der Waals surface area contributed by atoms with Crippen LogP contribution in [0.25, 0.3) is 11.3 Å². The van der Waals surface area contributed by atoms with Crippen LogP contribution in [0.3, 0.4) is 0 Å². The summed E-state index contributed by atoms with van der Waals surface area (Å²) in [5.74, 6) is 0.783. The van der Waals surface area contributed by atoms with Crippen molar-refractivity contribution in [2.75, 3.05) is 0 Å². The molecule has 162 valence electrons. The molecule has 1 aliphatic rings. The van der Waals surface area contributed by atoms with Crippen LogP contribution in [-0.4, -0.2) is 28.7 Å². The van der Waals surface area contributed by atoms with E-state index in [9.17, 15) is 13.6 Å². The fraction of sp³-hybridized carbons (Fsp3) is 0.409. The van der Waals surface area contributed by atoms with Crippen molar-refractivity contribution in [3.63, 3.8) is 0 Å². The number of alkyl halides is 3. The Morgan fingerprint density at radius 2 is 1.94 bits per heavy atom. The molecule has 3 heterocycles. The lowest BCUT2D eigenvalue weighted by Crippen LogP contribution is -2.23. The van der Waals surface area contributed by atoms with Gasteiger partial charge in [-0.3, -0.25) is 9.78 Å². The van der Waals surface area contributed by atoms with Crippen LogP contribution < -0.4 is 5.56 Å². The maximum atomic E-state index is 13.6. The third-order valence-electron chi connectivity index (χ3n) is 5.79. The van der Waals surface area contributed by atoms with E-state index >= 15 is 0 Å². The first-order valence-corrected chi connectivity index (χ1v) is 11.1. The molecule has 9 heteroatoms. The maximum absolute atomic E-state index is 13.6. The lowest BCUT2D eigenvalue weighted by Gasteiger charge is -2.19. The van der Waals surface area contributed by atoms with Gasteiger partial charge < -0.3 is 0 Å². The van der Waals surface area contributed by atoms with Crippen LogP contribution in [0.15, 0.2) is 47.8 Å². The molecule has 6 nitrogen and oxygen atoms in total. The first-order chi connectivity index (χ1) is 14.6. The normalized spacial score (nSPS) is 20.6. The molecule has 0 N–H and O–H groups in total. The van der Waals surface area contributed by atoms with Crippen LogP contribution >= 0.6 is 22.6 Å². The van der Waals surface area contributed by atoms with Crippen molar-refractivity contribution in [2.45, 2.75) is 43.6 Å². The third-order valence-corrected chi connectivity index (χ3v) is 6.17. The molecule has 0 spiro atoms. The predicted molar refractivity (Wildman–Crippen MR) is 121 cm³/mol. The molecular formula is C22H22F2IN5O. The average Bonchev–Trinajstić information content (AvgIpc) is 3.30. The molecule has 3 aromatic heterocycles. The highest BCUT2D eigenvalue weighted by molar-refractivity contribution is 14.1. The molecule has 0 aromatic carbocycles. The topological polar surface area (TPSA) is 73.6 Å². The molecule has 0 bridgehead atoms. The fourth-order valence-electron chi connectivity index (χ4n) is 3.99. The van der Waals surface area contributed by atoms with Crippen LogP contribution in [0, 0.1) is 18.3 Å². The zero-order valence-electron chi connectivity index (χ0n) is 17.2. The minimum absolute atomic E-state index is 0.160. The lowest BCUT2D eigenvalue weighted by atomic mass is 9.95. The summed E-state index contributed by atoms with van der Waals surface area (Å²) in [5, 5.41) is 4.44. The SMILES string of the molecule is Cc1cncc(Cn2nc(-c3cnc(CC4(CC(F)(F)I)CC4C)nc3)ccc2=O)c1. The number of nitrogens with zero attached hydrogens (tertiary/aromatic N) is 5. The molecular weight excluding hydrogens is 515 g/mol. The van der Waals surface area contributed by atoms with Crippen molar-refractivity contribution in [3.05, 3.63) is 70.3 Å². The molecule has 0 saturated heterocycles. The van der Waals surface area contributed by atoms with Crippen molar-refractivity contribution >= 4 is 22.6 Å². The van der Waals surface area contributed by atoms with Crippen molar-refractivity contribution in [1.29, 1.82) is 0 Å². The highest BCUT2D eigenvalue weighted by atomic mass is 127. The standard InChI is InChI=1S/C22H22F2IN5O/c1-14-5-16(9-26-8-14)12-30-20(31)4-3-18(29-30)17-10-27-19(28-11-17)7-21(6-15(21)2)13-22(23,24)25/h3-5,8-11,15H,6-7,12-13H2,1-2H3. The highest BCUT2D eigenvalue weighted by Crippen LogP contribution is 2.60. The van der Waals surface area contributed by atoms with Gasteiger partial charge in [-0.25, -0.2) is 14.6 Å². The van der Waals surface area contributed by atoms with E-state index in [0.717, 1.165) is 17.5 Å². The molecule has 3 aromatic rings. The van der Waals surface area contributed by atoms with Crippen LogP contribution in [0.2, 0.25) is 0 Å². The largest absolute Gasteiger partial charge is 0.297 e. The number of pyridine rings is 1. The Bertz CT molecular complexity index is 1150. The van der Waals surface area contributed by atoms with Crippen LogP contribution in [0.4, 0.5) is 8.78 Å². The van der Waals surface area contributed by atoms with Crippen molar-refractivity contribution in [2.24, 2.45) is 11.3 Å². The van der Waals surface area contributed by atoms with E-state index in [1.54, 1.807) is 30.9 Å². The van der Waals surface area contributed by atoms with E-state index < -0.39 is 9.34 Å². The molecule has 0 aliphatic heterocycles. The van der Waals surface area contributed by atoms with Gasteiger partial charge in [-0.1, -0.05) is 13.0 Å². The molecule has 1 fully saturated rings. The van der Waals surface area contributed by atoms with Crippen molar-refractivity contribution in [3.8, 4) is 11.3 Å². The van der Waals surface area contributed by atoms with E-state index in [-0.39, 0.29) is 17.9 Å². The zero-order chi connectivity index (χ0) is 22.2. The van der Waals surface area contributed by atoms with E-state index in [2.05, 4.69) is 20.1 Å². The Morgan fingerprint density at radius 1 is 1.23 bits per heavy atom. The fourth-order valence-corrected chi connectivity index (χ4v) is 4.75. The average molecular weight is 537 g/mol. The molecule has 2 atom stereocenters. The van der Waals surface area contributed by atoms with Gasteiger partial charge in [-0.2, -0.15) is 13.9 Å². The zero-order valence-corrected chi connectivity index (χ0v) is 19.4. The molecule has 1 aliphatic carbocycles. The van der Waals surface area contributed by atoms with E-state index in [4.69, 9.17) is 0 Å². The minimum Gasteiger partial charge on any atom is -0.268 e. The van der Waals surface area contributed by atoms with E-state index in [1.165, 1.54) is 33.3 Å². The van der Waals surface area contributed by atoms with E-state index in [0.29, 0.717) is 30.0 Å². The first kappa shape index (κ1) is 21.9. The quantitative estimate of drug-likeness (QED) is 0.329. The van der Waals surface area contributed by atoms with Crippen LogP contribution in [0.1, 0.15) is 36.7 Å². The predicted octanol–water partition coefficient (Wildman–Crippen LogP) is 4.44. The first-order valence-electron chi connectivity index (χ1n) is 10.0. The third kappa shape index (κ3) is 5.31. The van der Waals surface area contributed by atoms with Crippen molar-refractivity contribution < 1.29 is 8.78 Å². The second kappa shape index (κ2) is 8.33.